The van der Waals surface area contributed by atoms with E-state index in [1.54, 1.807) is 0 Å². The molecule has 0 heterocycles. The molecular formula is C27H33NO2. The molecule has 0 amide bonds. The second kappa shape index (κ2) is 11.1. The zero-order valence-corrected chi connectivity index (χ0v) is 18.1. The topological polar surface area (TPSA) is 32.7 Å². The molecule has 3 nitrogen and oxygen atoms in total. The van der Waals surface area contributed by atoms with Crippen LogP contribution in [0.4, 0.5) is 0 Å². The Bertz CT molecular complexity index is 753. The van der Waals surface area contributed by atoms with Gasteiger partial charge in [-0.15, -0.1) is 0 Å². The van der Waals surface area contributed by atoms with Gasteiger partial charge in [0.2, 0.25) is 0 Å². The quantitative estimate of drug-likeness (QED) is 0.358. The van der Waals surface area contributed by atoms with E-state index in [2.05, 4.69) is 91.5 Å². The van der Waals surface area contributed by atoms with Crippen molar-refractivity contribution in [3.05, 3.63) is 108 Å². The lowest BCUT2D eigenvalue weighted by Gasteiger charge is -2.36. The minimum atomic E-state index is -0.663. The SMILES string of the molecule is CC(C)N(CCO)CCCOC(c1ccccc1)(c1ccccc1)c1ccccc1. The second-order valence-corrected chi connectivity index (χ2v) is 7.83. The van der Waals surface area contributed by atoms with Gasteiger partial charge in [0.1, 0.15) is 5.60 Å². The Labute approximate surface area is 180 Å². The molecule has 3 aromatic rings. The highest BCUT2D eigenvalue weighted by atomic mass is 16.5. The van der Waals surface area contributed by atoms with Crippen LogP contribution >= 0.6 is 0 Å². The molecule has 0 aliphatic carbocycles. The Hall–Kier alpha value is -2.46. The molecule has 0 aliphatic rings. The zero-order chi connectivity index (χ0) is 21.2. The summed E-state index contributed by atoms with van der Waals surface area (Å²) in [5.74, 6) is 0. The predicted molar refractivity (Wildman–Crippen MR) is 124 cm³/mol. The van der Waals surface area contributed by atoms with Gasteiger partial charge in [-0.1, -0.05) is 91.0 Å². The summed E-state index contributed by atoms with van der Waals surface area (Å²) in [6.45, 7) is 6.72. The molecule has 30 heavy (non-hydrogen) atoms. The number of benzene rings is 3. The van der Waals surface area contributed by atoms with Gasteiger partial charge in [0.15, 0.2) is 0 Å². The highest BCUT2D eigenvalue weighted by Gasteiger charge is 2.37. The first-order valence-electron chi connectivity index (χ1n) is 10.8. The van der Waals surface area contributed by atoms with Gasteiger partial charge in [-0.2, -0.15) is 0 Å². The summed E-state index contributed by atoms with van der Waals surface area (Å²) in [6.07, 6.45) is 0.895. The van der Waals surface area contributed by atoms with Gasteiger partial charge in [-0.25, -0.2) is 0 Å². The molecule has 158 valence electrons. The molecule has 3 heteroatoms. The van der Waals surface area contributed by atoms with Crippen molar-refractivity contribution in [1.29, 1.82) is 0 Å². The van der Waals surface area contributed by atoms with E-state index < -0.39 is 5.60 Å². The van der Waals surface area contributed by atoms with Crippen molar-refractivity contribution in [2.24, 2.45) is 0 Å². The summed E-state index contributed by atoms with van der Waals surface area (Å²) in [5.41, 5.74) is 2.71. The Kier molecular flexibility index (Phi) is 8.21. The van der Waals surface area contributed by atoms with Crippen LogP contribution in [0.1, 0.15) is 37.0 Å². The molecule has 0 radical (unpaired) electrons. The molecule has 0 fully saturated rings. The summed E-state index contributed by atoms with van der Waals surface area (Å²) < 4.78 is 6.81. The third-order valence-corrected chi connectivity index (χ3v) is 5.57. The summed E-state index contributed by atoms with van der Waals surface area (Å²) in [7, 11) is 0. The Morgan fingerprint density at radius 1 is 0.733 bits per heavy atom. The lowest BCUT2D eigenvalue weighted by atomic mass is 9.80. The molecule has 0 spiro atoms. The van der Waals surface area contributed by atoms with Gasteiger partial charge in [-0.05, 0) is 37.0 Å². The fraction of sp³-hybridized carbons (Fsp3) is 0.333. The lowest BCUT2D eigenvalue weighted by molar-refractivity contribution is 0.00629. The molecule has 0 saturated heterocycles. The first kappa shape index (κ1) is 22.2. The third-order valence-electron chi connectivity index (χ3n) is 5.57. The number of aliphatic hydroxyl groups excluding tert-OH is 1. The molecule has 0 unspecified atom stereocenters. The van der Waals surface area contributed by atoms with Crippen molar-refractivity contribution in [1.82, 2.24) is 4.90 Å². The van der Waals surface area contributed by atoms with E-state index in [-0.39, 0.29) is 6.61 Å². The van der Waals surface area contributed by atoms with Crippen LogP contribution in [0, 0.1) is 0 Å². The number of hydrogen-bond acceptors (Lipinski definition) is 3. The van der Waals surface area contributed by atoms with Gasteiger partial charge >= 0.3 is 0 Å². The Balaban J connectivity index is 1.93. The molecule has 0 saturated carbocycles. The summed E-state index contributed by atoms with van der Waals surface area (Å²) in [4.78, 5) is 2.29. The molecule has 0 aliphatic heterocycles. The zero-order valence-electron chi connectivity index (χ0n) is 18.1. The van der Waals surface area contributed by atoms with E-state index in [4.69, 9.17) is 4.74 Å². The number of hydrogen-bond donors (Lipinski definition) is 1. The first-order chi connectivity index (χ1) is 14.7. The molecule has 3 rings (SSSR count). The van der Waals surface area contributed by atoms with E-state index in [1.165, 1.54) is 0 Å². The number of rotatable bonds is 11. The lowest BCUT2D eigenvalue weighted by Crippen LogP contribution is -2.36. The van der Waals surface area contributed by atoms with Crippen molar-refractivity contribution < 1.29 is 9.84 Å². The highest BCUT2D eigenvalue weighted by Crippen LogP contribution is 2.40. The maximum atomic E-state index is 9.34. The number of nitrogens with zero attached hydrogens (tertiary/aromatic N) is 1. The van der Waals surface area contributed by atoms with Crippen molar-refractivity contribution >= 4 is 0 Å². The largest absolute Gasteiger partial charge is 0.395 e. The van der Waals surface area contributed by atoms with Crippen LogP contribution in [0.15, 0.2) is 91.0 Å². The maximum Gasteiger partial charge on any atom is 0.143 e. The van der Waals surface area contributed by atoms with Crippen LogP contribution in [0.2, 0.25) is 0 Å². The van der Waals surface area contributed by atoms with Gasteiger partial charge in [0.05, 0.1) is 6.61 Å². The average Bonchev–Trinajstić information content (AvgIpc) is 2.80. The predicted octanol–water partition coefficient (Wildman–Crippen LogP) is 5.09. The normalized spacial score (nSPS) is 11.9. The summed E-state index contributed by atoms with van der Waals surface area (Å²) in [5, 5.41) is 9.34. The first-order valence-corrected chi connectivity index (χ1v) is 10.8. The van der Waals surface area contributed by atoms with Crippen LogP contribution in [-0.2, 0) is 10.3 Å². The van der Waals surface area contributed by atoms with Crippen LogP contribution in [0.3, 0.4) is 0 Å². The van der Waals surface area contributed by atoms with E-state index in [0.717, 1.165) is 29.7 Å². The molecule has 0 bridgehead atoms. The van der Waals surface area contributed by atoms with Crippen LogP contribution < -0.4 is 0 Å². The Morgan fingerprint density at radius 3 is 1.53 bits per heavy atom. The smallest absolute Gasteiger partial charge is 0.143 e. The standard InChI is InChI=1S/C27H33NO2/c1-23(2)28(20-21-29)19-12-22-30-27(24-13-6-3-7-14-24,25-15-8-4-9-16-25)26-17-10-5-11-18-26/h3-11,13-18,23,29H,12,19-22H2,1-2H3. The van der Waals surface area contributed by atoms with Crippen LogP contribution in [0.25, 0.3) is 0 Å². The Morgan fingerprint density at radius 2 is 1.17 bits per heavy atom. The van der Waals surface area contributed by atoms with Crippen molar-refractivity contribution in [2.45, 2.75) is 31.9 Å². The van der Waals surface area contributed by atoms with Gasteiger partial charge in [-0.3, -0.25) is 4.90 Å². The fourth-order valence-electron chi connectivity index (χ4n) is 4.02. The minimum Gasteiger partial charge on any atom is -0.395 e. The molecular weight excluding hydrogens is 370 g/mol. The van der Waals surface area contributed by atoms with Gasteiger partial charge < -0.3 is 9.84 Å². The maximum absolute atomic E-state index is 9.34. The van der Waals surface area contributed by atoms with Crippen molar-refractivity contribution in [3.8, 4) is 0 Å². The number of ether oxygens (including phenoxy) is 1. The van der Waals surface area contributed by atoms with E-state index in [9.17, 15) is 5.11 Å². The fourth-order valence-corrected chi connectivity index (χ4v) is 4.02. The van der Waals surface area contributed by atoms with Crippen LogP contribution in [0.5, 0.6) is 0 Å². The number of aliphatic hydroxyl groups is 1. The molecule has 0 aromatic heterocycles. The van der Waals surface area contributed by atoms with Crippen LogP contribution in [-0.4, -0.2) is 42.4 Å². The second-order valence-electron chi connectivity index (χ2n) is 7.83. The minimum absolute atomic E-state index is 0.182. The summed E-state index contributed by atoms with van der Waals surface area (Å²) >= 11 is 0. The summed E-state index contributed by atoms with van der Waals surface area (Å²) in [6, 6.07) is 31.8. The molecule has 0 atom stereocenters. The highest BCUT2D eigenvalue weighted by molar-refractivity contribution is 5.47. The van der Waals surface area contributed by atoms with Crippen molar-refractivity contribution in [2.75, 3.05) is 26.3 Å². The average molecular weight is 404 g/mol. The van der Waals surface area contributed by atoms with E-state index in [1.807, 2.05) is 18.2 Å². The molecule has 3 aromatic carbocycles. The monoisotopic (exact) mass is 403 g/mol. The van der Waals surface area contributed by atoms with Crippen molar-refractivity contribution in [3.63, 3.8) is 0 Å². The van der Waals surface area contributed by atoms with E-state index in [0.29, 0.717) is 19.2 Å². The molecule has 1 N–H and O–H groups in total. The van der Waals surface area contributed by atoms with Gasteiger partial charge in [0.25, 0.3) is 0 Å². The van der Waals surface area contributed by atoms with Gasteiger partial charge in [0, 0.05) is 25.7 Å². The van der Waals surface area contributed by atoms with E-state index >= 15 is 0 Å². The third kappa shape index (κ3) is 5.17.